The van der Waals surface area contributed by atoms with Gasteiger partial charge in [-0.25, -0.2) is 15.4 Å². The first-order valence-electron chi connectivity index (χ1n) is 6.80. The molecule has 126 valence electrons. The number of nitrogens with zero attached hydrogens (tertiary/aromatic N) is 3. The Morgan fingerprint density at radius 2 is 1.83 bits per heavy atom. The van der Waals surface area contributed by atoms with Crippen LogP contribution in [0.1, 0.15) is 17.0 Å². The van der Waals surface area contributed by atoms with Crippen LogP contribution in [0.5, 0.6) is 5.75 Å². The maximum atomic E-state index is 11.8. The van der Waals surface area contributed by atoms with E-state index in [0.717, 1.165) is 17.0 Å². The molecule has 1 aromatic carbocycles. The van der Waals surface area contributed by atoms with Gasteiger partial charge < -0.3 is 5.11 Å². The lowest BCUT2D eigenvalue weighted by Crippen LogP contribution is -2.19. The zero-order valence-corrected chi connectivity index (χ0v) is 16.9. The van der Waals surface area contributed by atoms with Crippen LogP contribution in [0, 0.1) is 13.8 Å². The second-order valence-corrected chi connectivity index (χ2v) is 7.50. The fraction of sp³-hybridized carbons (Fsp3) is 0.200. The summed E-state index contributed by atoms with van der Waals surface area (Å²) in [5.41, 5.74) is 4.90. The van der Waals surface area contributed by atoms with Crippen molar-refractivity contribution in [2.24, 2.45) is 5.10 Å². The van der Waals surface area contributed by atoms with E-state index in [1.54, 1.807) is 12.1 Å². The van der Waals surface area contributed by atoms with Gasteiger partial charge in [-0.3, -0.25) is 4.79 Å². The summed E-state index contributed by atoms with van der Waals surface area (Å²) in [6, 6.07) is 5.25. The Kier molecular flexibility index (Phi) is 6.76. The molecule has 0 unspecified atom stereocenters. The highest BCUT2D eigenvalue weighted by molar-refractivity contribution is 9.11. The zero-order chi connectivity index (χ0) is 17.7. The second kappa shape index (κ2) is 8.59. The van der Waals surface area contributed by atoms with Gasteiger partial charge in [0.25, 0.3) is 5.91 Å². The number of hydrogen-bond acceptors (Lipinski definition) is 6. The molecule has 0 bridgehead atoms. The Bertz CT molecular complexity index is 756. The number of thioether (sulfide) groups is 1. The van der Waals surface area contributed by atoms with Crippen molar-refractivity contribution in [2.75, 3.05) is 5.75 Å². The lowest BCUT2D eigenvalue weighted by atomic mass is 10.2. The quantitative estimate of drug-likeness (QED) is 0.300. The van der Waals surface area contributed by atoms with Gasteiger partial charge in [0.2, 0.25) is 0 Å². The topological polar surface area (TPSA) is 87.5 Å². The average Bonchev–Trinajstić information content (AvgIpc) is 2.49. The number of benzene rings is 1. The van der Waals surface area contributed by atoms with Gasteiger partial charge in [0, 0.05) is 11.4 Å². The van der Waals surface area contributed by atoms with Crippen LogP contribution >= 0.6 is 43.6 Å². The molecule has 1 heterocycles. The molecule has 0 aliphatic carbocycles. The molecule has 0 aliphatic rings. The first-order chi connectivity index (χ1) is 11.3. The number of aromatic hydroxyl groups is 1. The average molecular weight is 474 g/mol. The Balaban J connectivity index is 1.89. The van der Waals surface area contributed by atoms with Gasteiger partial charge in [-0.05, 0) is 69.5 Å². The maximum Gasteiger partial charge on any atom is 0.250 e. The fourth-order valence-electron chi connectivity index (χ4n) is 1.76. The molecule has 0 spiro atoms. The van der Waals surface area contributed by atoms with Crippen molar-refractivity contribution < 1.29 is 9.90 Å². The molecule has 24 heavy (non-hydrogen) atoms. The molecular formula is C15H14Br2N4O2S. The number of amides is 1. The van der Waals surface area contributed by atoms with Crippen molar-refractivity contribution in [3.8, 4) is 5.75 Å². The summed E-state index contributed by atoms with van der Waals surface area (Å²) in [5, 5.41) is 14.1. The number of phenols is 1. The predicted molar refractivity (Wildman–Crippen MR) is 101 cm³/mol. The molecule has 2 aromatic rings. The molecule has 9 heteroatoms. The number of nitrogens with one attached hydrogen (secondary N) is 1. The Labute approximate surface area is 160 Å². The van der Waals surface area contributed by atoms with Gasteiger partial charge in [-0.2, -0.15) is 5.10 Å². The standard InChI is InChI=1S/C15H14Br2N4O2S/c1-8-3-9(2)20-15(19-8)24-7-13(22)21-18-6-10-4-11(16)14(23)12(17)5-10/h3-6,23H,7H2,1-2H3,(H,21,22)/b18-6-. The molecule has 1 aromatic heterocycles. The minimum Gasteiger partial charge on any atom is -0.506 e. The molecule has 2 rings (SSSR count). The molecule has 0 radical (unpaired) electrons. The zero-order valence-electron chi connectivity index (χ0n) is 12.9. The third kappa shape index (κ3) is 5.57. The van der Waals surface area contributed by atoms with Gasteiger partial charge in [0.05, 0.1) is 20.9 Å². The first-order valence-corrected chi connectivity index (χ1v) is 9.37. The number of aryl methyl sites for hydroxylation is 2. The largest absolute Gasteiger partial charge is 0.506 e. The lowest BCUT2D eigenvalue weighted by Gasteiger charge is -2.03. The van der Waals surface area contributed by atoms with E-state index in [4.69, 9.17) is 0 Å². The third-order valence-corrected chi connectivity index (χ3v) is 4.79. The van der Waals surface area contributed by atoms with Crippen molar-refractivity contribution >= 4 is 55.7 Å². The van der Waals surface area contributed by atoms with Crippen LogP contribution in [0.4, 0.5) is 0 Å². The van der Waals surface area contributed by atoms with Crippen LogP contribution in [0.25, 0.3) is 0 Å². The highest BCUT2D eigenvalue weighted by atomic mass is 79.9. The number of hydrazone groups is 1. The number of rotatable bonds is 5. The van der Waals surface area contributed by atoms with E-state index in [1.807, 2.05) is 19.9 Å². The summed E-state index contributed by atoms with van der Waals surface area (Å²) in [6.45, 7) is 3.77. The van der Waals surface area contributed by atoms with E-state index in [2.05, 4.69) is 52.4 Å². The van der Waals surface area contributed by atoms with Crippen molar-refractivity contribution in [1.82, 2.24) is 15.4 Å². The Hall–Kier alpha value is -1.45. The van der Waals surface area contributed by atoms with Crippen LogP contribution in [-0.4, -0.2) is 32.9 Å². The first kappa shape index (κ1) is 18.9. The van der Waals surface area contributed by atoms with Crippen LogP contribution < -0.4 is 5.43 Å². The molecule has 1 amide bonds. The normalized spacial score (nSPS) is 11.0. The van der Waals surface area contributed by atoms with E-state index >= 15 is 0 Å². The molecular weight excluding hydrogens is 460 g/mol. The summed E-state index contributed by atoms with van der Waals surface area (Å²) in [6.07, 6.45) is 1.49. The summed E-state index contributed by atoms with van der Waals surface area (Å²) in [4.78, 5) is 20.3. The van der Waals surface area contributed by atoms with Crippen molar-refractivity contribution in [3.63, 3.8) is 0 Å². The maximum absolute atomic E-state index is 11.8. The van der Waals surface area contributed by atoms with Crippen molar-refractivity contribution in [3.05, 3.63) is 44.1 Å². The van der Waals surface area contributed by atoms with Crippen LogP contribution in [0.2, 0.25) is 0 Å². The smallest absolute Gasteiger partial charge is 0.250 e. The highest BCUT2D eigenvalue weighted by Gasteiger charge is 2.06. The third-order valence-electron chi connectivity index (χ3n) is 2.74. The van der Waals surface area contributed by atoms with E-state index in [0.29, 0.717) is 14.1 Å². The van der Waals surface area contributed by atoms with Crippen LogP contribution in [0.3, 0.4) is 0 Å². The monoisotopic (exact) mass is 472 g/mol. The fourth-order valence-corrected chi connectivity index (χ4v) is 3.72. The van der Waals surface area contributed by atoms with E-state index in [-0.39, 0.29) is 17.4 Å². The number of halogens is 2. The molecule has 0 atom stereocenters. The van der Waals surface area contributed by atoms with Crippen molar-refractivity contribution in [2.45, 2.75) is 19.0 Å². The predicted octanol–water partition coefficient (Wildman–Crippen LogP) is 3.57. The highest BCUT2D eigenvalue weighted by Crippen LogP contribution is 2.32. The lowest BCUT2D eigenvalue weighted by molar-refractivity contribution is -0.118. The number of carbonyl (C=O) groups is 1. The van der Waals surface area contributed by atoms with Gasteiger partial charge in [-0.1, -0.05) is 11.8 Å². The van der Waals surface area contributed by atoms with E-state index in [9.17, 15) is 9.90 Å². The summed E-state index contributed by atoms with van der Waals surface area (Å²) in [5.74, 6) is 0.0281. The van der Waals surface area contributed by atoms with Gasteiger partial charge >= 0.3 is 0 Å². The van der Waals surface area contributed by atoms with Crippen LogP contribution in [-0.2, 0) is 4.79 Å². The molecule has 0 aliphatic heterocycles. The Morgan fingerprint density at radius 3 is 2.42 bits per heavy atom. The SMILES string of the molecule is Cc1cc(C)nc(SCC(=O)N/N=C\c2cc(Br)c(O)c(Br)c2)n1. The molecule has 2 N–H and O–H groups in total. The number of phenolic OH excluding ortho intramolecular Hbond substituents is 1. The molecule has 0 saturated heterocycles. The number of aromatic nitrogens is 2. The van der Waals surface area contributed by atoms with E-state index < -0.39 is 0 Å². The number of carbonyl (C=O) groups excluding carboxylic acids is 1. The Morgan fingerprint density at radius 1 is 1.25 bits per heavy atom. The van der Waals surface area contributed by atoms with Gasteiger partial charge in [-0.15, -0.1) is 0 Å². The number of hydrogen-bond donors (Lipinski definition) is 2. The molecule has 6 nitrogen and oxygen atoms in total. The minimum absolute atomic E-state index is 0.112. The second-order valence-electron chi connectivity index (χ2n) is 4.85. The summed E-state index contributed by atoms with van der Waals surface area (Å²) >= 11 is 7.72. The van der Waals surface area contributed by atoms with Gasteiger partial charge in [0.15, 0.2) is 5.16 Å². The summed E-state index contributed by atoms with van der Waals surface area (Å²) < 4.78 is 1.07. The molecule has 0 saturated carbocycles. The van der Waals surface area contributed by atoms with Gasteiger partial charge in [0.1, 0.15) is 5.75 Å². The minimum atomic E-state index is -0.254. The van der Waals surface area contributed by atoms with E-state index in [1.165, 1.54) is 18.0 Å². The molecule has 0 fully saturated rings. The van der Waals surface area contributed by atoms with Crippen molar-refractivity contribution in [1.29, 1.82) is 0 Å². The summed E-state index contributed by atoms with van der Waals surface area (Å²) in [7, 11) is 0. The van der Waals surface area contributed by atoms with Crippen LogP contribution in [0.15, 0.2) is 37.4 Å².